The topological polar surface area (TPSA) is 66.5 Å². The Morgan fingerprint density at radius 3 is 2.31 bits per heavy atom. The molecule has 0 radical (unpaired) electrons. The van der Waals surface area contributed by atoms with E-state index >= 15 is 0 Å². The first-order chi connectivity index (χ1) is 15.5. The second kappa shape index (κ2) is 8.32. The average Bonchev–Trinajstić information content (AvgIpc) is 2.79. The van der Waals surface area contributed by atoms with Gasteiger partial charge in [0.05, 0.1) is 20.1 Å². The van der Waals surface area contributed by atoms with Gasteiger partial charge >= 0.3 is 0 Å². The molecule has 0 atom stereocenters. The Kier molecular flexibility index (Phi) is 5.49. The van der Waals surface area contributed by atoms with Crippen molar-refractivity contribution < 1.29 is 18.9 Å². The number of carbonyl (C=O) groups is 3. The predicted molar refractivity (Wildman–Crippen MR) is 125 cm³/mol. The summed E-state index contributed by atoms with van der Waals surface area (Å²) in [5, 5.41) is 4.51. The van der Waals surface area contributed by atoms with Crippen molar-refractivity contribution in [1.82, 2.24) is 4.90 Å². The summed E-state index contributed by atoms with van der Waals surface area (Å²) in [5.74, 6) is -0.419. The van der Waals surface area contributed by atoms with Gasteiger partial charge in [0.1, 0.15) is 0 Å². The van der Waals surface area contributed by atoms with Crippen molar-refractivity contribution in [3.8, 4) is 0 Å². The molecular formula is C26H32N3O3+. The molecule has 3 amide bonds. The molecule has 0 bridgehead atoms. The highest BCUT2D eigenvalue weighted by Crippen LogP contribution is 2.37. The van der Waals surface area contributed by atoms with Crippen molar-refractivity contribution in [2.45, 2.75) is 57.4 Å². The lowest BCUT2D eigenvalue weighted by Gasteiger charge is -2.37. The smallest absolute Gasteiger partial charge is 0.279 e. The van der Waals surface area contributed by atoms with Crippen LogP contribution in [0.3, 0.4) is 0 Å². The summed E-state index contributed by atoms with van der Waals surface area (Å²) < 4.78 is 0.764. The van der Waals surface area contributed by atoms with E-state index in [4.69, 9.17) is 0 Å². The summed E-state index contributed by atoms with van der Waals surface area (Å²) in [6, 6.07) is 9.14. The minimum Gasteiger partial charge on any atom is -0.321 e. The van der Waals surface area contributed by atoms with Crippen LogP contribution in [-0.4, -0.2) is 59.8 Å². The minimum absolute atomic E-state index is 0.0134. The maximum Gasteiger partial charge on any atom is 0.279 e. The summed E-state index contributed by atoms with van der Waals surface area (Å²) in [4.78, 5) is 41.1. The van der Waals surface area contributed by atoms with Crippen LogP contribution in [0.5, 0.6) is 0 Å². The zero-order valence-corrected chi connectivity index (χ0v) is 18.9. The first kappa shape index (κ1) is 21.1. The van der Waals surface area contributed by atoms with Gasteiger partial charge in [-0.2, -0.15) is 0 Å². The summed E-state index contributed by atoms with van der Waals surface area (Å²) in [6.45, 7) is 2.49. The molecule has 6 nitrogen and oxygen atoms in total. The van der Waals surface area contributed by atoms with Crippen molar-refractivity contribution >= 4 is 34.2 Å². The standard InChI is InChI=1S/C26H31N3O3/c1-29(15-6-3-7-16-29)17-23(30)27-22-14-13-21-24-19(22)11-8-12-20(24)25(31)28(26(21)32)18-9-4-2-5-10-18/h8,11-14,18H,2-7,9-10,15-17H2,1H3/p+1. The average molecular weight is 435 g/mol. The molecule has 1 saturated carbocycles. The van der Waals surface area contributed by atoms with Crippen LogP contribution in [0.4, 0.5) is 5.69 Å². The van der Waals surface area contributed by atoms with Crippen molar-refractivity contribution in [3.05, 3.63) is 41.5 Å². The number of imide groups is 1. The van der Waals surface area contributed by atoms with E-state index in [-0.39, 0.29) is 23.8 Å². The van der Waals surface area contributed by atoms with Gasteiger partial charge in [-0.15, -0.1) is 0 Å². The quantitative estimate of drug-likeness (QED) is 0.575. The lowest BCUT2D eigenvalue weighted by Crippen LogP contribution is -2.52. The van der Waals surface area contributed by atoms with E-state index in [1.807, 2.05) is 24.3 Å². The van der Waals surface area contributed by atoms with E-state index in [2.05, 4.69) is 12.4 Å². The predicted octanol–water partition coefficient (Wildman–Crippen LogP) is 4.34. The molecule has 2 fully saturated rings. The number of piperidine rings is 1. The molecule has 32 heavy (non-hydrogen) atoms. The molecule has 6 heteroatoms. The number of rotatable bonds is 4. The van der Waals surface area contributed by atoms with Gasteiger partial charge in [0.2, 0.25) is 0 Å². The molecule has 2 aliphatic heterocycles. The van der Waals surface area contributed by atoms with E-state index in [1.165, 1.54) is 17.7 Å². The molecule has 1 saturated heterocycles. The van der Waals surface area contributed by atoms with E-state index in [0.29, 0.717) is 28.7 Å². The fourth-order valence-corrected chi connectivity index (χ4v) is 5.86. The second-order valence-electron chi connectivity index (χ2n) is 9.99. The third-order valence-electron chi connectivity index (χ3n) is 7.57. The molecule has 0 spiro atoms. The molecule has 1 N–H and O–H groups in total. The molecule has 2 heterocycles. The summed E-state index contributed by atoms with van der Waals surface area (Å²) in [7, 11) is 2.15. The fraction of sp³-hybridized carbons (Fsp3) is 0.500. The van der Waals surface area contributed by atoms with Gasteiger partial charge in [-0.05, 0) is 50.3 Å². The first-order valence-electron chi connectivity index (χ1n) is 12.0. The summed E-state index contributed by atoms with van der Waals surface area (Å²) in [5.41, 5.74) is 1.80. The van der Waals surface area contributed by atoms with Crippen molar-refractivity contribution in [2.75, 3.05) is 32.0 Å². The monoisotopic (exact) mass is 434 g/mol. The van der Waals surface area contributed by atoms with Crippen LogP contribution >= 0.6 is 0 Å². The number of quaternary nitrogens is 1. The highest BCUT2D eigenvalue weighted by Gasteiger charge is 2.38. The zero-order valence-electron chi connectivity index (χ0n) is 18.9. The number of nitrogens with one attached hydrogen (secondary N) is 1. The van der Waals surface area contributed by atoms with E-state index < -0.39 is 0 Å². The van der Waals surface area contributed by atoms with E-state index in [0.717, 1.165) is 61.5 Å². The molecular weight excluding hydrogens is 402 g/mol. The Hall–Kier alpha value is -2.73. The highest BCUT2D eigenvalue weighted by atomic mass is 16.2. The lowest BCUT2D eigenvalue weighted by molar-refractivity contribution is -0.906. The first-order valence-corrected chi connectivity index (χ1v) is 12.0. The molecule has 2 aromatic carbocycles. The van der Waals surface area contributed by atoms with Gasteiger partial charge in [0.15, 0.2) is 6.54 Å². The molecule has 5 rings (SSSR count). The number of carbonyl (C=O) groups excluding carboxylic acids is 3. The number of hydrogen-bond acceptors (Lipinski definition) is 3. The van der Waals surface area contributed by atoms with Crippen LogP contribution in [0, 0.1) is 0 Å². The van der Waals surface area contributed by atoms with Crippen LogP contribution in [0.15, 0.2) is 30.3 Å². The van der Waals surface area contributed by atoms with Gasteiger partial charge < -0.3 is 9.80 Å². The molecule has 2 aromatic rings. The third-order valence-corrected chi connectivity index (χ3v) is 7.57. The highest BCUT2D eigenvalue weighted by molar-refractivity contribution is 6.27. The second-order valence-corrected chi connectivity index (χ2v) is 9.99. The van der Waals surface area contributed by atoms with Crippen LogP contribution in [-0.2, 0) is 4.79 Å². The van der Waals surface area contributed by atoms with Crippen LogP contribution < -0.4 is 5.32 Å². The summed E-state index contributed by atoms with van der Waals surface area (Å²) in [6.07, 6.45) is 8.60. The Balaban J connectivity index is 1.46. The SMILES string of the molecule is C[N+]1(CC(=O)Nc2ccc3c4c(cccc24)C(=O)N(C2CCCCC2)C3=O)CCCCC1. The number of benzene rings is 2. The number of likely N-dealkylation sites (tertiary alicyclic amines) is 1. The minimum atomic E-state index is -0.199. The van der Waals surface area contributed by atoms with Crippen LogP contribution in [0.2, 0.25) is 0 Å². The lowest BCUT2D eigenvalue weighted by atomic mass is 9.88. The van der Waals surface area contributed by atoms with Gasteiger partial charge in [-0.3, -0.25) is 19.3 Å². The van der Waals surface area contributed by atoms with Crippen molar-refractivity contribution in [2.24, 2.45) is 0 Å². The van der Waals surface area contributed by atoms with E-state index in [1.54, 1.807) is 6.07 Å². The molecule has 1 aliphatic carbocycles. The van der Waals surface area contributed by atoms with Gasteiger partial charge in [-0.1, -0.05) is 31.4 Å². The normalized spacial score (nSPS) is 21.1. The maximum absolute atomic E-state index is 13.4. The van der Waals surface area contributed by atoms with Crippen molar-refractivity contribution in [1.29, 1.82) is 0 Å². The fourth-order valence-electron chi connectivity index (χ4n) is 5.86. The zero-order chi connectivity index (χ0) is 22.3. The number of nitrogens with zero attached hydrogens (tertiary/aromatic N) is 2. The number of likely N-dealkylation sites (N-methyl/N-ethyl adjacent to an activating group) is 1. The van der Waals surface area contributed by atoms with Crippen molar-refractivity contribution in [3.63, 3.8) is 0 Å². The number of hydrogen-bond donors (Lipinski definition) is 1. The Bertz CT molecular complexity index is 1060. The number of anilines is 1. The van der Waals surface area contributed by atoms with Gasteiger partial charge in [0.25, 0.3) is 17.7 Å². The Morgan fingerprint density at radius 1 is 0.938 bits per heavy atom. The molecule has 0 unspecified atom stereocenters. The largest absolute Gasteiger partial charge is 0.321 e. The molecule has 3 aliphatic rings. The molecule has 0 aromatic heterocycles. The summed E-state index contributed by atoms with van der Waals surface area (Å²) >= 11 is 0. The maximum atomic E-state index is 13.4. The Labute approximate surface area is 189 Å². The van der Waals surface area contributed by atoms with Crippen LogP contribution in [0.25, 0.3) is 10.8 Å². The van der Waals surface area contributed by atoms with Gasteiger partial charge in [0, 0.05) is 33.6 Å². The Morgan fingerprint density at radius 2 is 1.59 bits per heavy atom. The number of amides is 3. The molecule has 168 valence electrons. The van der Waals surface area contributed by atoms with Crippen LogP contribution in [0.1, 0.15) is 72.1 Å². The van der Waals surface area contributed by atoms with Gasteiger partial charge in [-0.25, -0.2) is 0 Å². The third kappa shape index (κ3) is 3.71. The van der Waals surface area contributed by atoms with E-state index in [9.17, 15) is 14.4 Å².